The molecule has 1 aliphatic carbocycles. The number of nitrogens with one attached hydrogen (secondary N) is 2. The number of anilines is 1. The molecule has 0 saturated carbocycles. The Labute approximate surface area is 196 Å². The molecule has 3 N–H and O–H groups in total. The summed E-state index contributed by atoms with van der Waals surface area (Å²) in [4.78, 5) is 35.5. The maximum atomic E-state index is 12.5. The molecule has 8 heteroatoms. The average molecular weight is 460 g/mol. The van der Waals surface area contributed by atoms with Gasteiger partial charge in [-0.1, -0.05) is 54.6 Å². The third-order valence-corrected chi connectivity index (χ3v) is 5.54. The zero-order valence-electron chi connectivity index (χ0n) is 18.5. The van der Waals surface area contributed by atoms with Crippen molar-refractivity contribution in [3.05, 3.63) is 83.9 Å². The third kappa shape index (κ3) is 5.17. The standard InChI is InChI=1S/C26H24N2O6/c1-16(25(31)28-17-7-6-8-18(13-17)33-15-24(29)30)27-26(32)34-14-23-21-11-4-2-9-19(21)20-10-3-5-12-22(20)23/h2-13,16,23H,14-15H2,1H3,(H,27,32)(H,28,31)(H,29,30). The van der Waals surface area contributed by atoms with Crippen molar-refractivity contribution in [3.8, 4) is 16.9 Å². The molecule has 0 bridgehead atoms. The van der Waals surface area contributed by atoms with Crippen molar-refractivity contribution in [2.75, 3.05) is 18.5 Å². The first kappa shape index (κ1) is 22.8. The molecule has 2 amide bonds. The summed E-state index contributed by atoms with van der Waals surface area (Å²) >= 11 is 0. The summed E-state index contributed by atoms with van der Waals surface area (Å²) in [5.74, 6) is -1.33. The van der Waals surface area contributed by atoms with Crippen molar-refractivity contribution in [2.45, 2.75) is 18.9 Å². The number of amides is 2. The van der Waals surface area contributed by atoms with E-state index in [1.54, 1.807) is 25.1 Å². The van der Waals surface area contributed by atoms with Gasteiger partial charge in [0, 0.05) is 17.7 Å². The Morgan fingerprint density at radius 2 is 1.59 bits per heavy atom. The predicted octanol–water partition coefficient (Wildman–Crippen LogP) is 4.02. The van der Waals surface area contributed by atoms with Crippen LogP contribution in [0.25, 0.3) is 11.1 Å². The number of benzene rings is 3. The molecule has 0 heterocycles. The molecule has 3 aromatic rings. The zero-order chi connectivity index (χ0) is 24.1. The number of aliphatic carboxylic acids is 1. The van der Waals surface area contributed by atoms with Crippen molar-refractivity contribution in [2.24, 2.45) is 0 Å². The third-order valence-electron chi connectivity index (χ3n) is 5.54. The van der Waals surface area contributed by atoms with Crippen molar-refractivity contribution in [1.82, 2.24) is 5.32 Å². The molecule has 1 unspecified atom stereocenters. The minimum Gasteiger partial charge on any atom is -0.482 e. The maximum Gasteiger partial charge on any atom is 0.407 e. The number of hydrogen-bond donors (Lipinski definition) is 3. The highest BCUT2D eigenvalue weighted by molar-refractivity contribution is 5.96. The van der Waals surface area contributed by atoms with Crippen molar-refractivity contribution < 1.29 is 29.0 Å². The van der Waals surface area contributed by atoms with Gasteiger partial charge in [0.25, 0.3) is 0 Å². The number of ether oxygens (including phenoxy) is 2. The van der Waals surface area contributed by atoms with Crippen LogP contribution < -0.4 is 15.4 Å². The van der Waals surface area contributed by atoms with Crippen LogP contribution >= 0.6 is 0 Å². The fourth-order valence-electron chi connectivity index (χ4n) is 3.94. The minimum absolute atomic E-state index is 0.0733. The van der Waals surface area contributed by atoms with Crippen LogP contribution in [0.1, 0.15) is 24.0 Å². The molecule has 0 saturated heterocycles. The highest BCUT2D eigenvalue weighted by Crippen LogP contribution is 2.44. The van der Waals surface area contributed by atoms with Crippen LogP contribution in [0.15, 0.2) is 72.8 Å². The van der Waals surface area contributed by atoms with Crippen LogP contribution in [0, 0.1) is 0 Å². The minimum atomic E-state index is -1.10. The number of carbonyl (C=O) groups excluding carboxylic acids is 2. The Morgan fingerprint density at radius 1 is 0.941 bits per heavy atom. The van der Waals surface area contributed by atoms with E-state index >= 15 is 0 Å². The van der Waals surface area contributed by atoms with Crippen molar-refractivity contribution in [1.29, 1.82) is 0 Å². The molecule has 0 fully saturated rings. The highest BCUT2D eigenvalue weighted by Gasteiger charge is 2.29. The molecule has 0 spiro atoms. The average Bonchev–Trinajstić information content (AvgIpc) is 3.15. The normalized spacial score (nSPS) is 12.7. The molecule has 3 aromatic carbocycles. The Kier molecular flexibility index (Phi) is 6.77. The second-order valence-electron chi connectivity index (χ2n) is 7.89. The van der Waals surface area contributed by atoms with Gasteiger partial charge < -0.3 is 25.2 Å². The van der Waals surface area contributed by atoms with E-state index in [1.807, 2.05) is 36.4 Å². The second kappa shape index (κ2) is 10.1. The van der Waals surface area contributed by atoms with Gasteiger partial charge in [-0.3, -0.25) is 4.79 Å². The Bertz CT molecular complexity index is 1180. The van der Waals surface area contributed by atoms with E-state index in [9.17, 15) is 14.4 Å². The number of alkyl carbamates (subject to hydrolysis) is 1. The van der Waals surface area contributed by atoms with Gasteiger partial charge in [-0.2, -0.15) is 0 Å². The molecular formula is C26H24N2O6. The Morgan fingerprint density at radius 3 is 2.24 bits per heavy atom. The van der Waals surface area contributed by atoms with Crippen LogP contribution in [0.2, 0.25) is 0 Å². The monoisotopic (exact) mass is 460 g/mol. The van der Waals surface area contributed by atoms with Gasteiger partial charge in [0.05, 0.1) is 0 Å². The van der Waals surface area contributed by atoms with E-state index in [1.165, 1.54) is 6.07 Å². The van der Waals surface area contributed by atoms with Crippen molar-refractivity contribution in [3.63, 3.8) is 0 Å². The maximum absolute atomic E-state index is 12.5. The lowest BCUT2D eigenvalue weighted by atomic mass is 9.98. The smallest absolute Gasteiger partial charge is 0.407 e. The summed E-state index contributed by atoms with van der Waals surface area (Å²) in [7, 11) is 0. The summed E-state index contributed by atoms with van der Waals surface area (Å²) in [5.41, 5.74) is 4.89. The van der Waals surface area contributed by atoms with E-state index in [2.05, 4.69) is 22.8 Å². The molecule has 0 radical (unpaired) electrons. The molecule has 1 aliphatic rings. The summed E-state index contributed by atoms with van der Waals surface area (Å²) < 4.78 is 10.6. The van der Waals surface area contributed by atoms with Gasteiger partial charge >= 0.3 is 12.1 Å². The van der Waals surface area contributed by atoms with Crippen molar-refractivity contribution >= 4 is 23.7 Å². The SMILES string of the molecule is CC(NC(=O)OCC1c2ccccc2-c2ccccc21)C(=O)Nc1cccc(OCC(=O)O)c1. The van der Waals surface area contributed by atoms with Gasteiger partial charge in [-0.15, -0.1) is 0 Å². The fourth-order valence-corrected chi connectivity index (χ4v) is 3.94. The lowest BCUT2D eigenvalue weighted by Gasteiger charge is -2.17. The number of carbonyl (C=O) groups is 3. The van der Waals surface area contributed by atoms with E-state index in [0.717, 1.165) is 22.3 Å². The molecule has 4 rings (SSSR count). The number of carboxylic acid groups (broad SMARTS) is 1. The Balaban J connectivity index is 1.32. The number of carboxylic acids is 1. The lowest BCUT2D eigenvalue weighted by molar-refractivity contribution is -0.139. The Hall–Kier alpha value is -4.33. The van der Waals surface area contributed by atoms with E-state index in [-0.39, 0.29) is 12.5 Å². The first-order chi connectivity index (χ1) is 16.4. The van der Waals surface area contributed by atoms with Gasteiger partial charge in [0.1, 0.15) is 18.4 Å². The summed E-state index contributed by atoms with van der Waals surface area (Å²) in [6, 6.07) is 21.6. The van der Waals surface area contributed by atoms with Gasteiger partial charge in [-0.05, 0) is 41.3 Å². The van der Waals surface area contributed by atoms with E-state index in [0.29, 0.717) is 11.4 Å². The summed E-state index contributed by atoms with van der Waals surface area (Å²) in [6.45, 7) is 1.20. The molecule has 174 valence electrons. The van der Waals surface area contributed by atoms with Crippen LogP contribution in [-0.4, -0.2) is 42.3 Å². The molecule has 34 heavy (non-hydrogen) atoms. The lowest BCUT2D eigenvalue weighted by Crippen LogP contribution is -2.42. The van der Waals surface area contributed by atoms with Crippen LogP contribution in [-0.2, 0) is 14.3 Å². The zero-order valence-corrected chi connectivity index (χ0v) is 18.5. The van der Waals surface area contributed by atoms with Gasteiger partial charge in [-0.25, -0.2) is 9.59 Å². The number of rotatable bonds is 8. The molecular weight excluding hydrogens is 436 g/mol. The molecule has 1 atom stereocenters. The first-order valence-corrected chi connectivity index (χ1v) is 10.8. The van der Waals surface area contributed by atoms with E-state index in [4.69, 9.17) is 14.6 Å². The van der Waals surface area contributed by atoms with Crippen LogP contribution in [0.3, 0.4) is 0 Å². The number of fused-ring (bicyclic) bond motifs is 3. The largest absolute Gasteiger partial charge is 0.482 e. The topological polar surface area (TPSA) is 114 Å². The molecule has 0 aromatic heterocycles. The quantitative estimate of drug-likeness (QED) is 0.468. The van der Waals surface area contributed by atoms with Crippen LogP contribution in [0.5, 0.6) is 5.75 Å². The highest BCUT2D eigenvalue weighted by atomic mass is 16.5. The summed E-state index contributed by atoms with van der Waals surface area (Å²) in [5, 5.41) is 13.9. The first-order valence-electron chi connectivity index (χ1n) is 10.8. The fraction of sp³-hybridized carbons (Fsp3) is 0.192. The summed E-state index contributed by atoms with van der Waals surface area (Å²) in [6.07, 6.45) is -0.692. The van der Waals surface area contributed by atoms with E-state index < -0.39 is 30.6 Å². The van der Waals surface area contributed by atoms with Gasteiger partial charge in [0.15, 0.2) is 6.61 Å². The van der Waals surface area contributed by atoms with Crippen LogP contribution in [0.4, 0.5) is 10.5 Å². The van der Waals surface area contributed by atoms with Gasteiger partial charge in [0.2, 0.25) is 5.91 Å². The molecule has 8 nitrogen and oxygen atoms in total. The predicted molar refractivity (Wildman–Crippen MR) is 126 cm³/mol. The number of hydrogen-bond acceptors (Lipinski definition) is 5. The second-order valence-corrected chi connectivity index (χ2v) is 7.89. The molecule has 0 aliphatic heterocycles.